The van der Waals surface area contributed by atoms with Crippen LogP contribution in [0.3, 0.4) is 0 Å². The van der Waals surface area contributed by atoms with Crippen molar-refractivity contribution in [2.75, 3.05) is 6.54 Å². The van der Waals surface area contributed by atoms with Gasteiger partial charge in [0.2, 0.25) is 0 Å². The average molecular weight is 268 g/mol. The Morgan fingerprint density at radius 1 is 1.20 bits per heavy atom. The standard InChI is InChI=1S/C13H18BrN/c1-9-5-11(3)13(6-10(9)2)8-15-7-12(4)14/h5-6,15H,4,7-8H2,1-3H3. The number of rotatable bonds is 4. The van der Waals surface area contributed by atoms with Gasteiger partial charge in [0.15, 0.2) is 0 Å². The van der Waals surface area contributed by atoms with E-state index in [0.717, 1.165) is 17.6 Å². The summed E-state index contributed by atoms with van der Waals surface area (Å²) in [6.45, 7) is 12.0. The van der Waals surface area contributed by atoms with Crippen molar-refractivity contribution < 1.29 is 0 Å². The molecule has 15 heavy (non-hydrogen) atoms. The molecule has 0 radical (unpaired) electrons. The second-order valence-electron chi connectivity index (χ2n) is 3.98. The average Bonchev–Trinajstić information content (AvgIpc) is 2.13. The zero-order valence-electron chi connectivity index (χ0n) is 9.65. The first-order valence-electron chi connectivity index (χ1n) is 5.11. The fourth-order valence-electron chi connectivity index (χ4n) is 1.54. The molecule has 0 amide bonds. The van der Waals surface area contributed by atoms with Gasteiger partial charge in [0.25, 0.3) is 0 Å². The number of halogens is 1. The minimum Gasteiger partial charge on any atom is -0.308 e. The highest BCUT2D eigenvalue weighted by atomic mass is 79.9. The Hall–Kier alpha value is -0.600. The van der Waals surface area contributed by atoms with Crippen LogP contribution in [0.2, 0.25) is 0 Å². The third kappa shape index (κ3) is 3.80. The molecule has 0 unspecified atom stereocenters. The van der Waals surface area contributed by atoms with Gasteiger partial charge in [-0.15, -0.1) is 0 Å². The predicted molar refractivity (Wildman–Crippen MR) is 70.4 cm³/mol. The molecule has 0 aliphatic heterocycles. The van der Waals surface area contributed by atoms with Crippen LogP contribution in [0.4, 0.5) is 0 Å². The van der Waals surface area contributed by atoms with Gasteiger partial charge in [-0.05, 0) is 43.0 Å². The zero-order chi connectivity index (χ0) is 11.4. The number of hydrogen-bond donors (Lipinski definition) is 1. The van der Waals surface area contributed by atoms with Crippen molar-refractivity contribution in [2.24, 2.45) is 0 Å². The van der Waals surface area contributed by atoms with Gasteiger partial charge < -0.3 is 5.32 Å². The summed E-state index contributed by atoms with van der Waals surface area (Å²) in [5, 5.41) is 3.34. The smallest absolute Gasteiger partial charge is 0.0268 e. The Balaban J connectivity index is 2.69. The highest BCUT2D eigenvalue weighted by Gasteiger charge is 2.01. The molecule has 1 aromatic rings. The van der Waals surface area contributed by atoms with Gasteiger partial charge in [0.05, 0.1) is 0 Å². The molecule has 2 heteroatoms. The predicted octanol–water partition coefficient (Wildman–Crippen LogP) is 3.61. The van der Waals surface area contributed by atoms with E-state index >= 15 is 0 Å². The van der Waals surface area contributed by atoms with Crippen LogP contribution in [0.25, 0.3) is 0 Å². The van der Waals surface area contributed by atoms with Crippen molar-refractivity contribution in [3.63, 3.8) is 0 Å². The molecule has 0 fully saturated rings. The van der Waals surface area contributed by atoms with Crippen LogP contribution in [-0.4, -0.2) is 6.54 Å². The third-order valence-corrected chi connectivity index (χ3v) is 2.86. The maximum Gasteiger partial charge on any atom is 0.0268 e. The maximum atomic E-state index is 3.79. The van der Waals surface area contributed by atoms with E-state index in [9.17, 15) is 0 Å². The minimum absolute atomic E-state index is 0.812. The zero-order valence-corrected chi connectivity index (χ0v) is 11.2. The van der Waals surface area contributed by atoms with E-state index < -0.39 is 0 Å². The monoisotopic (exact) mass is 267 g/mol. The molecule has 1 N–H and O–H groups in total. The first-order chi connectivity index (χ1) is 7.00. The van der Waals surface area contributed by atoms with E-state index in [1.54, 1.807) is 0 Å². The molecule has 0 aromatic heterocycles. The van der Waals surface area contributed by atoms with E-state index in [0.29, 0.717) is 0 Å². The van der Waals surface area contributed by atoms with Gasteiger partial charge in [0, 0.05) is 17.6 Å². The molecular formula is C13H18BrN. The summed E-state index contributed by atoms with van der Waals surface area (Å²) >= 11 is 3.34. The van der Waals surface area contributed by atoms with E-state index in [1.165, 1.54) is 22.3 Å². The van der Waals surface area contributed by atoms with Gasteiger partial charge in [-0.25, -0.2) is 0 Å². The van der Waals surface area contributed by atoms with Crippen molar-refractivity contribution in [1.29, 1.82) is 0 Å². The van der Waals surface area contributed by atoms with Crippen LogP contribution in [0.1, 0.15) is 22.3 Å². The second-order valence-corrected chi connectivity index (χ2v) is 5.11. The third-order valence-electron chi connectivity index (χ3n) is 2.58. The Labute approximate surface area is 101 Å². The van der Waals surface area contributed by atoms with E-state index in [2.05, 4.69) is 60.7 Å². The van der Waals surface area contributed by atoms with E-state index in [-0.39, 0.29) is 0 Å². The molecule has 0 heterocycles. The topological polar surface area (TPSA) is 12.0 Å². The SMILES string of the molecule is C=C(Br)CNCc1cc(C)c(C)cc1C. The Bertz CT molecular complexity index is 369. The summed E-state index contributed by atoms with van der Waals surface area (Å²) in [5.41, 5.74) is 5.44. The molecule has 1 rings (SSSR count). The molecule has 1 nitrogen and oxygen atoms in total. The molecule has 0 atom stereocenters. The van der Waals surface area contributed by atoms with Crippen molar-refractivity contribution in [3.8, 4) is 0 Å². The van der Waals surface area contributed by atoms with Crippen molar-refractivity contribution in [2.45, 2.75) is 27.3 Å². The molecule has 0 saturated heterocycles. The number of aryl methyl sites for hydroxylation is 3. The largest absolute Gasteiger partial charge is 0.308 e. The molecule has 0 aliphatic rings. The maximum absolute atomic E-state index is 3.79. The first-order valence-corrected chi connectivity index (χ1v) is 5.90. The van der Waals surface area contributed by atoms with Crippen LogP contribution in [0.15, 0.2) is 23.2 Å². The summed E-state index contributed by atoms with van der Waals surface area (Å²) in [4.78, 5) is 0. The summed E-state index contributed by atoms with van der Waals surface area (Å²) in [6, 6.07) is 4.50. The van der Waals surface area contributed by atoms with Gasteiger partial charge in [-0.2, -0.15) is 0 Å². The fourth-order valence-corrected chi connectivity index (χ4v) is 1.74. The van der Waals surface area contributed by atoms with Crippen molar-refractivity contribution >= 4 is 15.9 Å². The summed E-state index contributed by atoms with van der Waals surface area (Å²) < 4.78 is 0.990. The quantitative estimate of drug-likeness (QED) is 0.879. The number of benzene rings is 1. The Kier molecular flexibility index (Phi) is 4.55. The lowest BCUT2D eigenvalue weighted by Gasteiger charge is -2.10. The van der Waals surface area contributed by atoms with Crippen LogP contribution in [0.5, 0.6) is 0 Å². The van der Waals surface area contributed by atoms with Crippen LogP contribution >= 0.6 is 15.9 Å². The fraction of sp³-hybridized carbons (Fsp3) is 0.385. The van der Waals surface area contributed by atoms with E-state index in [4.69, 9.17) is 0 Å². The minimum atomic E-state index is 0.812. The normalized spacial score (nSPS) is 10.4. The van der Waals surface area contributed by atoms with Crippen LogP contribution in [0, 0.1) is 20.8 Å². The highest BCUT2D eigenvalue weighted by molar-refractivity contribution is 9.11. The molecular weight excluding hydrogens is 250 g/mol. The summed E-state index contributed by atoms with van der Waals surface area (Å²) in [5.74, 6) is 0. The lowest BCUT2D eigenvalue weighted by molar-refractivity contribution is 0.752. The first kappa shape index (κ1) is 12.5. The summed E-state index contributed by atoms with van der Waals surface area (Å²) in [7, 11) is 0. The molecule has 0 spiro atoms. The number of nitrogens with one attached hydrogen (secondary N) is 1. The molecule has 0 bridgehead atoms. The molecule has 0 saturated carbocycles. The van der Waals surface area contributed by atoms with Gasteiger partial charge in [-0.1, -0.05) is 34.6 Å². The molecule has 82 valence electrons. The lowest BCUT2D eigenvalue weighted by Crippen LogP contribution is -2.15. The lowest BCUT2D eigenvalue weighted by atomic mass is 10.0. The van der Waals surface area contributed by atoms with Gasteiger partial charge in [-0.3, -0.25) is 0 Å². The highest BCUT2D eigenvalue weighted by Crippen LogP contribution is 2.15. The molecule has 0 aliphatic carbocycles. The number of hydrogen-bond acceptors (Lipinski definition) is 1. The van der Waals surface area contributed by atoms with Gasteiger partial charge >= 0.3 is 0 Å². The van der Waals surface area contributed by atoms with Crippen molar-refractivity contribution in [1.82, 2.24) is 5.32 Å². The summed E-state index contributed by atoms with van der Waals surface area (Å²) in [6.07, 6.45) is 0. The Morgan fingerprint density at radius 3 is 2.40 bits per heavy atom. The van der Waals surface area contributed by atoms with Crippen LogP contribution < -0.4 is 5.32 Å². The second kappa shape index (κ2) is 5.47. The van der Waals surface area contributed by atoms with E-state index in [1.807, 2.05) is 0 Å². The van der Waals surface area contributed by atoms with Gasteiger partial charge in [0.1, 0.15) is 0 Å². The molecule has 1 aromatic carbocycles. The van der Waals surface area contributed by atoms with Crippen LogP contribution in [-0.2, 0) is 6.54 Å². The Morgan fingerprint density at radius 2 is 1.80 bits per heavy atom. The van der Waals surface area contributed by atoms with Crippen molar-refractivity contribution in [3.05, 3.63) is 45.4 Å².